The van der Waals surface area contributed by atoms with Crippen molar-refractivity contribution in [2.75, 3.05) is 6.54 Å². The van der Waals surface area contributed by atoms with Crippen molar-refractivity contribution in [3.05, 3.63) is 57.2 Å². The molecule has 0 saturated heterocycles. The van der Waals surface area contributed by atoms with Crippen LogP contribution in [0.1, 0.15) is 30.2 Å². The standard InChI is InChI=1S/C14H16ClNOS/c1-10(11-6-7-18-9-11)16-8-14(17)12-4-2-3-5-13(12)15/h2-7,9-10,14,16-17H,8H2,1H3. The van der Waals surface area contributed by atoms with Gasteiger partial charge in [0.25, 0.3) is 0 Å². The van der Waals surface area contributed by atoms with Gasteiger partial charge < -0.3 is 10.4 Å². The molecule has 1 aromatic carbocycles. The first-order chi connectivity index (χ1) is 8.68. The van der Waals surface area contributed by atoms with Gasteiger partial charge in [0.05, 0.1) is 6.10 Å². The van der Waals surface area contributed by atoms with Crippen LogP contribution in [0.5, 0.6) is 0 Å². The lowest BCUT2D eigenvalue weighted by Gasteiger charge is -2.17. The Morgan fingerprint density at radius 1 is 1.33 bits per heavy atom. The summed E-state index contributed by atoms with van der Waals surface area (Å²) in [5, 5.41) is 18.2. The number of thiophene rings is 1. The zero-order valence-corrected chi connectivity index (χ0v) is 11.7. The molecule has 0 aliphatic carbocycles. The minimum Gasteiger partial charge on any atom is -0.387 e. The van der Waals surface area contributed by atoms with E-state index in [4.69, 9.17) is 11.6 Å². The maximum atomic E-state index is 10.1. The summed E-state index contributed by atoms with van der Waals surface area (Å²) in [6, 6.07) is 9.71. The van der Waals surface area contributed by atoms with Crippen LogP contribution in [0.3, 0.4) is 0 Å². The molecule has 0 fully saturated rings. The summed E-state index contributed by atoms with van der Waals surface area (Å²) in [6.07, 6.45) is -0.584. The summed E-state index contributed by atoms with van der Waals surface area (Å²) in [4.78, 5) is 0. The Morgan fingerprint density at radius 2 is 2.11 bits per heavy atom. The molecule has 0 spiro atoms. The van der Waals surface area contributed by atoms with Crippen molar-refractivity contribution >= 4 is 22.9 Å². The van der Waals surface area contributed by atoms with E-state index in [9.17, 15) is 5.11 Å². The second-order valence-electron chi connectivity index (χ2n) is 4.22. The third kappa shape index (κ3) is 3.33. The summed E-state index contributed by atoms with van der Waals surface area (Å²) in [5.41, 5.74) is 2.01. The van der Waals surface area contributed by atoms with Gasteiger partial charge in [-0.2, -0.15) is 11.3 Å². The summed E-state index contributed by atoms with van der Waals surface area (Å²) in [7, 11) is 0. The maximum absolute atomic E-state index is 10.1. The average Bonchev–Trinajstić information content (AvgIpc) is 2.90. The fourth-order valence-electron chi connectivity index (χ4n) is 1.78. The lowest BCUT2D eigenvalue weighted by molar-refractivity contribution is 0.171. The monoisotopic (exact) mass is 281 g/mol. The van der Waals surface area contributed by atoms with E-state index in [1.165, 1.54) is 5.56 Å². The van der Waals surface area contributed by atoms with Crippen molar-refractivity contribution in [3.8, 4) is 0 Å². The van der Waals surface area contributed by atoms with Gasteiger partial charge in [-0.25, -0.2) is 0 Å². The average molecular weight is 282 g/mol. The van der Waals surface area contributed by atoms with Crippen LogP contribution in [0.25, 0.3) is 0 Å². The van der Waals surface area contributed by atoms with Gasteiger partial charge in [0, 0.05) is 23.2 Å². The summed E-state index contributed by atoms with van der Waals surface area (Å²) in [6.45, 7) is 2.57. The van der Waals surface area contributed by atoms with Crippen molar-refractivity contribution in [1.29, 1.82) is 0 Å². The normalized spacial score (nSPS) is 14.4. The third-order valence-electron chi connectivity index (χ3n) is 2.92. The van der Waals surface area contributed by atoms with Gasteiger partial charge in [-0.15, -0.1) is 0 Å². The van der Waals surface area contributed by atoms with Gasteiger partial charge in [0.15, 0.2) is 0 Å². The molecule has 2 atom stereocenters. The smallest absolute Gasteiger partial charge is 0.0928 e. The fraction of sp³-hybridized carbons (Fsp3) is 0.286. The first-order valence-corrected chi connectivity index (χ1v) is 7.18. The molecular weight excluding hydrogens is 266 g/mol. The van der Waals surface area contributed by atoms with Crippen LogP contribution in [0.15, 0.2) is 41.1 Å². The second-order valence-corrected chi connectivity index (χ2v) is 5.41. The quantitative estimate of drug-likeness (QED) is 0.874. The number of rotatable bonds is 5. The highest BCUT2D eigenvalue weighted by molar-refractivity contribution is 7.07. The predicted octanol–water partition coefficient (Wildman–Crippen LogP) is 3.79. The number of aliphatic hydroxyl groups is 1. The number of benzene rings is 1. The Kier molecular flexibility index (Phi) is 4.78. The second kappa shape index (κ2) is 6.34. The third-order valence-corrected chi connectivity index (χ3v) is 3.97. The largest absolute Gasteiger partial charge is 0.387 e. The van der Waals surface area contributed by atoms with E-state index >= 15 is 0 Å². The first-order valence-electron chi connectivity index (χ1n) is 5.86. The van der Waals surface area contributed by atoms with E-state index in [-0.39, 0.29) is 6.04 Å². The zero-order chi connectivity index (χ0) is 13.0. The van der Waals surface area contributed by atoms with Gasteiger partial charge in [-0.1, -0.05) is 29.8 Å². The van der Waals surface area contributed by atoms with Gasteiger partial charge in [-0.05, 0) is 35.4 Å². The van der Waals surface area contributed by atoms with Crippen molar-refractivity contribution in [2.24, 2.45) is 0 Å². The topological polar surface area (TPSA) is 32.3 Å². The Balaban J connectivity index is 1.93. The molecule has 1 aromatic heterocycles. The van der Waals surface area contributed by atoms with E-state index in [1.54, 1.807) is 17.4 Å². The minimum atomic E-state index is -0.584. The number of aliphatic hydroxyl groups excluding tert-OH is 1. The van der Waals surface area contributed by atoms with Gasteiger partial charge in [0.2, 0.25) is 0 Å². The molecule has 96 valence electrons. The van der Waals surface area contributed by atoms with Gasteiger partial charge in [-0.3, -0.25) is 0 Å². The van der Waals surface area contributed by atoms with E-state index < -0.39 is 6.10 Å². The SMILES string of the molecule is CC(NCC(O)c1ccccc1Cl)c1ccsc1. The van der Waals surface area contributed by atoms with Crippen molar-refractivity contribution in [1.82, 2.24) is 5.32 Å². The fourth-order valence-corrected chi connectivity index (χ4v) is 2.80. The van der Waals surface area contributed by atoms with Crippen LogP contribution in [0, 0.1) is 0 Å². The Hall–Kier alpha value is -0.870. The van der Waals surface area contributed by atoms with Gasteiger partial charge in [0.1, 0.15) is 0 Å². The highest BCUT2D eigenvalue weighted by atomic mass is 35.5. The molecule has 2 unspecified atom stereocenters. The Labute approximate surface area is 116 Å². The van der Waals surface area contributed by atoms with E-state index in [2.05, 4.69) is 29.1 Å². The molecule has 0 aliphatic heterocycles. The molecule has 0 radical (unpaired) electrons. The summed E-state index contributed by atoms with van der Waals surface area (Å²) < 4.78 is 0. The molecule has 0 aliphatic rings. The molecule has 0 saturated carbocycles. The first kappa shape index (κ1) is 13.6. The molecule has 2 nitrogen and oxygen atoms in total. The number of hydrogen-bond donors (Lipinski definition) is 2. The molecule has 0 amide bonds. The van der Waals surface area contributed by atoms with Crippen LogP contribution in [-0.2, 0) is 0 Å². The lowest BCUT2D eigenvalue weighted by atomic mass is 10.1. The van der Waals surface area contributed by atoms with Crippen LogP contribution >= 0.6 is 22.9 Å². The number of nitrogens with one attached hydrogen (secondary N) is 1. The maximum Gasteiger partial charge on any atom is 0.0928 e. The summed E-state index contributed by atoms with van der Waals surface area (Å²) in [5.74, 6) is 0. The van der Waals surface area contributed by atoms with Crippen LogP contribution in [0.2, 0.25) is 5.02 Å². The van der Waals surface area contributed by atoms with Crippen LogP contribution in [0.4, 0.5) is 0 Å². The van der Waals surface area contributed by atoms with E-state index in [0.717, 1.165) is 5.56 Å². The molecule has 18 heavy (non-hydrogen) atoms. The van der Waals surface area contributed by atoms with Crippen molar-refractivity contribution < 1.29 is 5.11 Å². The summed E-state index contributed by atoms with van der Waals surface area (Å²) >= 11 is 7.73. The molecular formula is C14H16ClNOS. The Bertz CT molecular complexity index is 486. The molecule has 0 bridgehead atoms. The van der Waals surface area contributed by atoms with Crippen molar-refractivity contribution in [2.45, 2.75) is 19.1 Å². The molecule has 2 rings (SSSR count). The predicted molar refractivity (Wildman–Crippen MR) is 77.1 cm³/mol. The van der Waals surface area contributed by atoms with E-state index in [1.807, 2.05) is 18.2 Å². The van der Waals surface area contributed by atoms with Crippen LogP contribution < -0.4 is 5.32 Å². The highest BCUT2D eigenvalue weighted by Gasteiger charge is 2.13. The minimum absolute atomic E-state index is 0.230. The number of halogens is 1. The molecule has 2 aromatic rings. The molecule has 2 N–H and O–H groups in total. The van der Waals surface area contributed by atoms with E-state index in [0.29, 0.717) is 11.6 Å². The van der Waals surface area contributed by atoms with Crippen molar-refractivity contribution in [3.63, 3.8) is 0 Å². The Morgan fingerprint density at radius 3 is 2.78 bits per heavy atom. The van der Waals surface area contributed by atoms with Crippen LogP contribution in [-0.4, -0.2) is 11.7 Å². The van der Waals surface area contributed by atoms with Gasteiger partial charge >= 0.3 is 0 Å². The lowest BCUT2D eigenvalue weighted by Crippen LogP contribution is -2.24. The zero-order valence-electron chi connectivity index (χ0n) is 10.1. The molecule has 1 heterocycles. The molecule has 4 heteroatoms. The highest BCUT2D eigenvalue weighted by Crippen LogP contribution is 2.23. The number of hydrogen-bond acceptors (Lipinski definition) is 3.